The van der Waals surface area contributed by atoms with E-state index in [1.807, 2.05) is 0 Å². The number of hydrogen-bond donors (Lipinski definition) is 2. The molecule has 3 rings (SSSR count). The van der Waals surface area contributed by atoms with Crippen molar-refractivity contribution in [1.29, 1.82) is 0 Å². The first-order valence-corrected chi connectivity index (χ1v) is 8.53. The van der Waals surface area contributed by atoms with Gasteiger partial charge < -0.3 is 15.3 Å². The fourth-order valence-electron chi connectivity index (χ4n) is 2.67. The van der Waals surface area contributed by atoms with Gasteiger partial charge in [-0.25, -0.2) is 0 Å². The second kappa shape index (κ2) is 7.39. The monoisotopic (exact) mass is 360 g/mol. The number of aliphatic carboxylic acids is 1. The van der Waals surface area contributed by atoms with Crippen molar-refractivity contribution in [3.8, 4) is 0 Å². The molecule has 0 bridgehead atoms. The molecule has 1 aliphatic heterocycles. The summed E-state index contributed by atoms with van der Waals surface area (Å²) in [6, 6.07) is 6.60. The van der Waals surface area contributed by atoms with Crippen LogP contribution < -0.4 is 5.32 Å². The Labute approximate surface area is 147 Å². The molecule has 8 nitrogen and oxygen atoms in total. The molecule has 2 heterocycles. The van der Waals surface area contributed by atoms with Crippen molar-refractivity contribution in [2.24, 2.45) is 5.92 Å². The maximum absolute atomic E-state index is 12.5. The fraction of sp³-hybridized carbons (Fsp3) is 0.312. The van der Waals surface area contributed by atoms with Gasteiger partial charge in [-0.2, -0.15) is 0 Å². The number of piperidine rings is 1. The Morgan fingerprint density at radius 2 is 1.84 bits per heavy atom. The Morgan fingerprint density at radius 3 is 2.40 bits per heavy atom. The summed E-state index contributed by atoms with van der Waals surface area (Å²) in [6.45, 7) is 0.874. The third-order valence-corrected chi connectivity index (χ3v) is 4.77. The molecular formula is C16H16N4O4S. The van der Waals surface area contributed by atoms with E-state index in [1.165, 1.54) is 6.20 Å². The van der Waals surface area contributed by atoms with E-state index in [4.69, 9.17) is 5.11 Å². The van der Waals surface area contributed by atoms with Gasteiger partial charge in [0.15, 0.2) is 0 Å². The smallest absolute Gasteiger partial charge is 0.306 e. The predicted octanol–water partition coefficient (Wildman–Crippen LogP) is 1.73. The number of nitrogens with zero attached hydrogens (tertiary/aromatic N) is 3. The zero-order chi connectivity index (χ0) is 17.8. The minimum Gasteiger partial charge on any atom is -0.481 e. The molecule has 25 heavy (non-hydrogen) atoms. The number of rotatable bonds is 4. The quantitative estimate of drug-likeness (QED) is 0.858. The summed E-state index contributed by atoms with van der Waals surface area (Å²) in [5.74, 6) is -1.61. The molecule has 1 aliphatic rings. The molecule has 2 N–H and O–H groups in total. The van der Waals surface area contributed by atoms with Crippen LogP contribution in [0.3, 0.4) is 0 Å². The molecule has 2 aromatic rings. The highest BCUT2D eigenvalue weighted by molar-refractivity contribution is 7.07. The molecule has 0 spiro atoms. The highest BCUT2D eigenvalue weighted by Crippen LogP contribution is 2.20. The van der Waals surface area contributed by atoms with E-state index in [9.17, 15) is 14.4 Å². The van der Waals surface area contributed by atoms with Crippen LogP contribution in [0, 0.1) is 5.92 Å². The highest BCUT2D eigenvalue weighted by Gasteiger charge is 2.27. The average Bonchev–Trinajstić information content (AvgIpc) is 3.17. The van der Waals surface area contributed by atoms with E-state index < -0.39 is 5.97 Å². The van der Waals surface area contributed by atoms with Crippen molar-refractivity contribution in [3.05, 3.63) is 40.9 Å². The number of carbonyl (C=O) groups is 3. The summed E-state index contributed by atoms with van der Waals surface area (Å²) in [5.41, 5.74) is 1.07. The number of amides is 2. The van der Waals surface area contributed by atoms with Crippen LogP contribution in [0.2, 0.25) is 0 Å². The first-order chi connectivity index (χ1) is 12.0. The molecule has 2 amide bonds. The first kappa shape index (κ1) is 17.0. The summed E-state index contributed by atoms with van der Waals surface area (Å²) in [7, 11) is 0. The van der Waals surface area contributed by atoms with Crippen LogP contribution in [0.5, 0.6) is 0 Å². The summed E-state index contributed by atoms with van der Waals surface area (Å²) >= 11 is 1.00. The first-order valence-electron chi connectivity index (χ1n) is 7.75. The van der Waals surface area contributed by atoms with E-state index in [1.54, 1.807) is 29.2 Å². The van der Waals surface area contributed by atoms with Gasteiger partial charge in [0.25, 0.3) is 11.8 Å². The Hall–Kier alpha value is -2.81. The van der Waals surface area contributed by atoms with Crippen molar-refractivity contribution >= 4 is 35.0 Å². The fourth-order valence-corrected chi connectivity index (χ4v) is 3.08. The summed E-state index contributed by atoms with van der Waals surface area (Å²) in [6.07, 6.45) is 2.33. The van der Waals surface area contributed by atoms with E-state index >= 15 is 0 Å². The molecule has 1 saturated heterocycles. The molecule has 1 fully saturated rings. The number of aromatic nitrogens is 2. The second-order valence-corrected chi connectivity index (χ2v) is 6.50. The van der Waals surface area contributed by atoms with Gasteiger partial charge in [-0.3, -0.25) is 14.4 Å². The van der Waals surface area contributed by atoms with Gasteiger partial charge in [-0.15, -0.1) is 5.10 Å². The van der Waals surface area contributed by atoms with Crippen molar-refractivity contribution < 1.29 is 19.5 Å². The number of carboxylic acid groups (broad SMARTS) is 1. The Bertz CT molecular complexity index is 768. The summed E-state index contributed by atoms with van der Waals surface area (Å²) in [5, 5.41) is 15.3. The number of benzene rings is 1. The molecule has 0 unspecified atom stereocenters. The van der Waals surface area contributed by atoms with E-state index in [0.717, 1.165) is 11.5 Å². The van der Waals surface area contributed by atoms with E-state index in [-0.39, 0.29) is 17.7 Å². The number of carboxylic acids is 1. The highest BCUT2D eigenvalue weighted by atomic mass is 32.1. The lowest BCUT2D eigenvalue weighted by Crippen LogP contribution is -2.40. The lowest BCUT2D eigenvalue weighted by Gasteiger charge is -2.30. The summed E-state index contributed by atoms with van der Waals surface area (Å²) in [4.78, 5) is 37.4. The van der Waals surface area contributed by atoms with E-state index in [2.05, 4.69) is 14.9 Å². The number of carbonyl (C=O) groups excluding carboxylic acids is 2. The van der Waals surface area contributed by atoms with Crippen LogP contribution in [0.25, 0.3) is 0 Å². The van der Waals surface area contributed by atoms with Gasteiger partial charge in [-0.1, -0.05) is 4.49 Å². The van der Waals surface area contributed by atoms with Gasteiger partial charge in [0, 0.05) is 24.3 Å². The zero-order valence-corrected chi connectivity index (χ0v) is 14.0. The number of hydrogen-bond acceptors (Lipinski definition) is 6. The molecule has 1 aromatic carbocycles. The third-order valence-electron chi connectivity index (χ3n) is 4.11. The van der Waals surface area contributed by atoms with Gasteiger partial charge in [0.05, 0.1) is 12.1 Å². The largest absolute Gasteiger partial charge is 0.481 e. The normalized spacial score (nSPS) is 15.0. The van der Waals surface area contributed by atoms with Gasteiger partial charge in [-0.05, 0) is 48.6 Å². The van der Waals surface area contributed by atoms with Crippen molar-refractivity contribution in [1.82, 2.24) is 14.5 Å². The van der Waals surface area contributed by atoms with E-state index in [0.29, 0.717) is 42.1 Å². The van der Waals surface area contributed by atoms with Gasteiger partial charge in [0.1, 0.15) is 4.88 Å². The van der Waals surface area contributed by atoms with Crippen LogP contribution >= 0.6 is 11.5 Å². The molecule has 0 saturated carbocycles. The average molecular weight is 360 g/mol. The summed E-state index contributed by atoms with van der Waals surface area (Å²) < 4.78 is 3.63. The predicted molar refractivity (Wildman–Crippen MR) is 90.6 cm³/mol. The number of nitrogens with one attached hydrogen (secondary N) is 1. The van der Waals surface area contributed by atoms with Crippen LogP contribution in [0.1, 0.15) is 32.9 Å². The molecule has 0 atom stereocenters. The topological polar surface area (TPSA) is 112 Å². The third kappa shape index (κ3) is 4.00. The van der Waals surface area contributed by atoms with Crippen molar-refractivity contribution in [2.45, 2.75) is 12.8 Å². The SMILES string of the molecule is O=C(Nc1ccc(C(=O)N2CCC(C(=O)O)CC2)cc1)c1cnns1. The molecule has 9 heteroatoms. The van der Waals surface area contributed by atoms with Gasteiger partial charge >= 0.3 is 5.97 Å². The maximum Gasteiger partial charge on any atom is 0.306 e. The minimum absolute atomic E-state index is 0.131. The molecule has 0 aliphatic carbocycles. The Morgan fingerprint density at radius 1 is 1.16 bits per heavy atom. The Balaban J connectivity index is 1.59. The van der Waals surface area contributed by atoms with Crippen LogP contribution in [0.4, 0.5) is 5.69 Å². The lowest BCUT2D eigenvalue weighted by atomic mass is 9.96. The molecule has 1 aromatic heterocycles. The number of anilines is 1. The zero-order valence-electron chi connectivity index (χ0n) is 13.2. The van der Waals surface area contributed by atoms with Crippen molar-refractivity contribution in [3.63, 3.8) is 0 Å². The molecule has 0 radical (unpaired) electrons. The lowest BCUT2D eigenvalue weighted by molar-refractivity contribution is -0.143. The molecule has 130 valence electrons. The number of likely N-dealkylation sites (tertiary alicyclic amines) is 1. The standard InChI is InChI=1S/C16H16N4O4S/c21-14(13-9-17-19-25-13)18-12-3-1-10(2-4-12)15(22)20-7-5-11(6-8-20)16(23)24/h1-4,9,11H,5-8H2,(H,18,21)(H,23,24). The minimum atomic E-state index is -0.802. The van der Waals surface area contributed by atoms with Crippen LogP contribution in [0.15, 0.2) is 30.5 Å². The van der Waals surface area contributed by atoms with Crippen molar-refractivity contribution in [2.75, 3.05) is 18.4 Å². The Kier molecular flexibility index (Phi) is 5.03. The maximum atomic E-state index is 12.5. The second-order valence-electron chi connectivity index (χ2n) is 5.72. The van der Waals surface area contributed by atoms with Crippen LogP contribution in [-0.2, 0) is 4.79 Å². The van der Waals surface area contributed by atoms with Crippen LogP contribution in [-0.4, -0.2) is 50.5 Å². The van der Waals surface area contributed by atoms with Gasteiger partial charge in [0.2, 0.25) is 0 Å². The molecular weight excluding hydrogens is 344 g/mol.